The maximum Gasteiger partial charge on any atom is 0.145 e. The van der Waals surface area contributed by atoms with Crippen LogP contribution in [-0.4, -0.2) is 0 Å². The minimum atomic E-state index is -0.504. The summed E-state index contributed by atoms with van der Waals surface area (Å²) >= 11 is 5.62. The zero-order valence-electron chi connectivity index (χ0n) is 9.91. The fraction of sp³-hybridized carbons (Fsp3) is 0.143. The summed E-state index contributed by atoms with van der Waals surface area (Å²) in [5.74, 6) is 0.535. The van der Waals surface area contributed by atoms with Crippen molar-refractivity contribution in [2.45, 2.75) is 13.5 Å². The number of nitrogens with two attached hydrogens (primary N) is 1. The van der Waals surface area contributed by atoms with E-state index in [0.717, 1.165) is 11.1 Å². The number of rotatable bonds is 3. The summed E-state index contributed by atoms with van der Waals surface area (Å²) in [6.07, 6.45) is 0. The van der Waals surface area contributed by atoms with Gasteiger partial charge in [0.1, 0.15) is 17.3 Å². The van der Waals surface area contributed by atoms with Crippen molar-refractivity contribution in [3.05, 3.63) is 58.4 Å². The van der Waals surface area contributed by atoms with Crippen LogP contribution in [0.15, 0.2) is 36.4 Å². The molecule has 0 fully saturated rings. The van der Waals surface area contributed by atoms with Gasteiger partial charge in [0.25, 0.3) is 0 Å². The summed E-state index contributed by atoms with van der Waals surface area (Å²) in [5, 5.41) is 0.0747. The van der Waals surface area contributed by atoms with E-state index >= 15 is 0 Å². The lowest BCUT2D eigenvalue weighted by atomic mass is 10.1. The first-order valence-electron chi connectivity index (χ1n) is 5.52. The van der Waals surface area contributed by atoms with Crippen molar-refractivity contribution in [3.8, 4) is 11.5 Å². The van der Waals surface area contributed by atoms with Gasteiger partial charge >= 0.3 is 0 Å². The van der Waals surface area contributed by atoms with Gasteiger partial charge in [0, 0.05) is 18.2 Å². The lowest BCUT2D eigenvalue weighted by Gasteiger charge is -2.11. The second-order valence-corrected chi connectivity index (χ2v) is 4.40. The number of halogens is 2. The minimum absolute atomic E-state index is 0.0747. The minimum Gasteiger partial charge on any atom is -0.457 e. The Morgan fingerprint density at radius 2 is 2.00 bits per heavy atom. The van der Waals surface area contributed by atoms with Crippen LogP contribution < -0.4 is 10.5 Å². The number of aryl methyl sites for hydroxylation is 1. The van der Waals surface area contributed by atoms with E-state index in [1.54, 1.807) is 6.07 Å². The molecule has 0 saturated heterocycles. The molecule has 0 heterocycles. The molecule has 0 radical (unpaired) electrons. The molecule has 0 aromatic heterocycles. The lowest BCUT2D eigenvalue weighted by Crippen LogP contribution is -1.99. The van der Waals surface area contributed by atoms with Gasteiger partial charge in [-0.1, -0.05) is 23.7 Å². The van der Waals surface area contributed by atoms with Crippen LogP contribution >= 0.6 is 11.6 Å². The van der Waals surface area contributed by atoms with Crippen molar-refractivity contribution >= 4 is 11.6 Å². The molecule has 0 aliphatic rings. The van der Waals surface area contributed by atoms with Gasteiger partial charge in [-0.2, -0.15) is 0 Å². The third-order valence-corrected chi connectivity index (χ3v) is 2.87. The zero-order chi connectivity index (χ0) is 13.1. The molecule has 0 unspecified atom stereocenters. The highest BCUT2D eigenvalue weighted by molar-refractivity contribution is 6.30. The first-order chi connectivity index (χ1) is 8.60. The van der Waals surface area contributed by atoms with Crippen LogP contribution in [-0.2, 0) is 6.54 Å². The molecule has 2 N–H and O–H groups in total. The summed E-state index contributed by atoms with van der Waals surface area (Å²) in [5.41, 5.74) is 7.56. The Balaban J connectivity index is 2.33. The average molecular weight is 266 g/mol. The predicted molar refractivity (Wildman–Crippen MR) is 70.6 cm³/mol. The van der Waals surface area contributed by atoms with Crippen molar-refractivity contribution in [3.63, 3.8) is 0 Å². The molecule has 0 aliphatic carbocycles. The first-order valence-corrected chi connectivity index (χ1v) is 5.90. The molecular formula is C14H13ClFNO. The topological polar surface area (TPSA) is 35.2 Å². The number of ether oxygens (including phenoxy) is 1. The largest absolute Gasteiger partial charge is 0.457 e. The third kappa shape index (κ3) is 2.81. The summed E-state index contributed by atoms with van der Waals surface area (Å²) in [6, 6.07) is 10.1. The van der Waals surface area contributed by atoms with Gasteiger partial charge in [-0.3, -0.25) is 0 Å². The first kappa shape index (κ1) is 12.9. The van der Waals surface area contributed by atoms with Gasteiger partial charge in [0.2, 0.25) is 0 Å². The van der Waals surface area contributed by atoms with E-state index in [0.29, 0.717) is 18.0 Å². The normalized spacial score (nSPS) is 10.4. The fourth-order valence-electron chi connectivity index (χ4n) is 1.59. The summed E-state index contributed by atoms with van der Waals surface area (Å²) in [7, 11) is 0. The Morgan fingerprint density at radius 1 is 1.22 bits per heavy atom. The molecule has 0 spiro atoms. The maximum atomic E-state index is 13.3. The summed E-state index contributed by atoms with van der Waals surface area (Å²) in [4.78, 5) is 0. The quantitative estimate of drug-likeness (QED) is 0.909. The molecule has 0 amide bonds. The Morgan fingerprint density at radius 3 is 2.67 bits per heavy atom. The molecule has 0 aliphatic heterocycles. The molecule has 0 saturated carbocycles. The highest BCUT2D eigenvalue weighted by Gasteiger charge is 2.06. The van der Waals surface area contributed by atoms with Crippen LogP contribution in [0.3, 0.4) is 0 Å². The lowest BCUT2D eigenvalue weighted by molar-refractivity contribution is 0.470. The van der Waals surface area contributed by atoms with E-state index < -0.39 is 5.82 Å². The third-order valence-electron chi connectivity index (χ3n) is 2.56. The monoisotopic (exact) mass is 265 g/mol. The molecule has 2 aromatic carbocycles. The highest BCUT2D eigenvalue weighted by Crippen LogP contribution is 2.28. The molecule has 4 heteroatoms. The van der Waals surface area contributed by atoms with E-state index in [-0.39, 0.29) is 5.02 Å². The van der Waals surface area contributed by atoms with Crippen LogP contribution in [0, 0.1) is 12.7 Å². The van der Waals surface area contributed by atoms with Crippen molar-refractivity contribution < 1.29 is 9.13 Å². The smallest absolute Gasteiger partial charge is 0.145 e. The molecule has 2 aromatic rings. The fourth-order valence-corrected chi connectivity index (χ4v) is 1.71. The Kier molecular flexibility index (Phi) is 3.84. The Bertz CT molecular complexity index is 572. The van der Waals surface area contributed by atoms with Crippen LogP contribution in [0.25, 0.3) is 0 Å². The molecular weight excluding hydrogens is 253 g/mol. The van der Waals surface area contributed by atoms with E-state index in [1.165, 1.54) is 12.1 Å². The predicted octanol–water partition coefficient (Wildman–Crippen LogP) is 4.04. The van der Waals surface area contributed by atoms with Gasteiger partial charge in [-0.05, 0) is 30.7 Å². The maximum absolute atomic E-state index is 13.3. The van der Waals surface area contributed by atoms with Gasteiger partial charge in [0.05, 0.1) is 5.02 Å². The molecule has 2 nitrogen and oxygen atoms in total. The molecule has 94 valence electrons. The summed E-state index contributed by atoms with van der Waals surface area (Å²) in [6.45, 7) is 2.32. The van der Waals surface area contributed by atoms with Crippen molar-refractivity contribution in [2.75, 3.05) is 0 Å². The van der Waals surface area contributed by atoms with Gasteiger partial charge < -0.3 is 10.5 Å². The molecule has 0 bridgehead atoms. The molecule has 2 rings (SSSR count). The van der Waals surface area contributed by atoms with E-state index in [4.69, 9.17) is 22.1 Å². The molecule has 0 atom stereocenters. The van der Waals surface area contributed by atoms with Gasteiger partial charge in [0.15, 0.2) is 0 Å². The standard InChI is InChI=1S/C14H13ClFNO/c1-9-2-3-10(8-17)14(6-9)18-11-4-5-12(15)13(16)7-11/h2-7H,8,17H2,1H3. The molecule has 18 heavy (non-hydrogen) atoms. The van der Waals surface area contributed by atoms with Crippen LogP contribution in [0.5, 0.6) is 11.5 Å². The van der Waals surface area contributed by atoms with Crippen molar-refractivity contribution in [1.29, 1.82) is 0 Å². The van der Waals surface area contributed by atoms with E-state index in [2.05, 4.69) is 0 Å². The van der Waals surface area contributed by atoms with Crippen LogP contribution in [0.2, 0.25) is 5.02 Å². The van der Waals surface area contributed by atoms with E-state index in [9.17, 15) is 4.39 Å². The SMILES string of the molecule is Cc1ccc(CN)c(Oc2ccc(Cl)c(F)c2)c1. The summed E-state index contributed by atoms with van der Waals surface area (Å²) < 4.78 is 18.9. The zero-order valence-corrected chi connectivity index (χ0v) is 10.7. The Hall–Kier alpha value is -1.58. The van der Waals surface area contributed by atoms with Gasteiger partial charge in [-0.15, -0.1) is 0 Å². The second kappa shape index (κ2) is 5.38. The average Bonchev–Trinajstić information content (AvgIpc) is 2.34. The number of hydrogen-bond acceptors (Lipinski definition) is 2. The number of hydrogen-bond donors (Lipinski definition) is 1. The number of benzene rings is 2. The Labute approximate surface area is 110 Å². The van der Waals surface area contributed by atoms with Crippen LogP contribution in [0.1, 0.15) is 11.1 Å². The van der Waals surface area contributed by atoms with Crippen molar-refractivity contribution in [1.82, 2.24) is 0 Å². The van der Waals surface area contributed by atoms with Crippen molar-refractivity contribution in [2.24, 2.45) is 5.73 Å². The van der Waals surface area contributed by atoms with E-state index in [1.807, 2.05) is 25.1 Å². The van der Waals surface area contributed by atoms with Crippen LogP contribution in [0.4, 0.5) is 4.39 Å². The second-order valence-electron chi connectivity index (χ2n) is 3.99. The highest BCUT2D eigenvalue weighted by atomic mass is 35.5. The van der Waals surface area contributed by atoms with Gasteiger partial charge in [-0.25, -0.2) is 4.39 Å².